The summed E-state index contributed by atoms with van der Waals surface area (Å²) in [6.07, 6.45) is 2.82. The van der Waals surface area contributed by atoms with E-state index in [1.807, 2.05) is 43.5 Å². The molecule has 0 radical (unpaired) electrons. The SMILES string of the molecule is CCCCn1c(N)c(N(C)C(=O)Cn2cnc3scc(-c4ccc(C)cc4)c3c2=O)c(=O)[nH]c1=O. The second kappa shape index (κ2) is 9.71. The van der Waals surface area contributed by atoms with Gasteiger partial charge < -0.3 is 10.6 Å². The topological polar surface area (TPSA) is 136 Å². The minimum atomic E-state index is -0.767. The number of carbonyl (C=O) groups is 1. The number of nitrogens with zero attached hydrogens (tertiary/aromatic N) is 4. The first kappa shape index (κ1) is 24.1. The number of hydrogen-bond donors (Lipinski definition) is 2. The molecule has 0 unspecified atom stereocenters. The number of nitrogens with two attached hydrogens (primary N) is 1. The van der Waals surface area contributed by atoms with Crippen LogP contribution >= 0.6 is 11.3 Å². The number of aromatic nitrogens is 4. The molecule has 10 nitrogen and oxygen atoms in total. The number of hydrogen-bond acceptors (Lipinski definition) is 7. The summed E-state index contributed by atoms with van der Waals surface area (Å²) in [6.45, 7) is 3.91. The minimum Gasteiger partial charge on any atom is -0.383 e. The molecule has 0 spiro atoms. The summed E-state index contributed by atoms with van der Waals surface area (Å²) < 4.78 is 2.45. The predicted molar refractivity (Wildman–Crippen MR) is 138 cm³/mol. The Morgan fingerprint density at radius 2 is 1.91 bits per heavy atom. The van der Waals surface area contributed by atoms with E-state index in [1.54, 1.807) is 0 Å². The highest BCUT2D eigenvalue weighted by Gasteiger charge is 2.22. The van der Waals surface area contributed by atoms with Crippen LogP contribution in [-0.4, -0.2) is 32.1 Å². The van der Waals surface area contributed by atoms with Gasteiger partial charge >= 0.3 is 5.69 Å². The lowest BCUT2D eigenvalue weighted by molar-refractivity contribution is -0.118. The average Bonchev–Trinajstić information content (AvgIpc) is 3.26. The molecule has 35 heavy (non-hydrogen) atoms. The van der Waals surface area contributed by atoms with Crippen molar-refractivity contribution in [2.75, 3.05) is 17.7 Å². The largest absolute Gasteiger partial charge is 0.383 e. The summed E-state index contributed by atoms with van der Waals surface area (Å²) in [5.74, 6) is -0.651. The van der Waals surface area contributed by atoms with E-state index in [9.17, 15) is 19.2 Å². The lowest BCUT2D eigenvalue weighted by Gasteiger charge is -2.20. The highest BCUT2D eigenvalue weighted by Crippen LogP contribution is 2.30. The third-order valence-electron chi connectivity index (χ3n) is 5.89. The fourth-order valence-corrected chi connectivity index (χ4v) is 4.75. The fourth-order valence-electron chi connectivity index (χ4n) is 3.84. The van der Waals surface area contributed by atoms with E-state index in [-0.39, 0.29) is 23.6 Å². The lowest BCUT2D eigenvalue weighted by Crippen LogP contribution is -2.41. The van der Waals surface area contributed by atoms with Crippen molar-refractivity contribution >= 4 is 39.0 Å². The average molecular weight is 495 g/mol. The highest BCUT2D eigenvalue weighted by molar-refractivity contribution is 7.17. The van der Waals surface area contributed by atoms with Gasteiger partial charge in [-0.2, -0.15) is 0 Å². The number of benzene rings is 1. The van der Waals surface area contributed by atoms with Gasteiger partial charge in [0.1, 0.15) is 17.2 Å². The number of nitrogen functional groups attached to an aromatic ring is 1. The second-order valence-electron chi connectivity index (χ2n) is 8.32. The number of likely N-dealkylation sites (N-methyl/N-ethyl adjacent to an activating group) is 1. The Morgan fingerprint density at radius 1 is 1.20 bits per heavy atom. The maximum atomic E-state index is 13.3. The third-order valence-corrected chi connectivity index (χ3v) is 6.77. The molecule has 182 valence electrons. The molecule has 0 atom stereocenters. The maximum Gasteiger partial charge on any atom is 0.330 e. The third kappa shape index (κ3) is 4.54. The monoisotopic (exact) mass is 494 g/mol. The molecule has 0 aliphatic heterocycles. The van der Waals surface area contributed by atoms with E-state index in [0.717, 1.165) is 28.0 Å². The number of aryl methyl sites for hydroxylation is 1. The van der Waals surface area contributed by atoms with Gasteiger partial charge in [-0.15, -0.1) is 11.3 Å². The summed E-state index contributed by atoms with van der Waals surface area (Å²) in [5, 5.41) is 2.31. The summed E-state index contributed by atoms with van der Waals surface area (Å²) in [7, 11) is 1.39. The smallest absolute Gasteiger partial charge is 0.330 e. The standard InChI is InChI=1S/C24H26N6O4S/c1-4-5-10-30-20(25)19(21(32)27-24(30)34)28(3)17(31)11-29-13-26-22-18(23(29)33)16(12-35-22)15-8-6-14(2)7-9-15/h6-9,12-13H,4-5,10-11,25H2,1-3H3,(H,27,32,34). The zero-order valence-corrected chi connectivity index (χ0v) is 20.5. The Kier molecular flexibility index (Phi) is 6.70. The molecule has 0 saturated heterocycles. The first-order chi connectivity index (χ1) is 16.7. The number of aromatic amines is 1. The number of H-pyrrole nitrogens is 1. The van der Waals surface area contributed by atoms with Crippen LogP contribution in [0.5, 0.6) is 0 Å². The van der Waals surface area contributed by atoms with Crippen LogP contribution in [0.3, 0.4) is 0 Å². The van der Waals surface area contributed by atoms with Crippen LogP contribution in [0, 0.1) is 6.92 Å². The minimum absolute atomic E-state index is 0.0940. The summed E-state index contributed by atoms with van der Waals surface area (Å²) in [5.41, 5.74) is 6.97. The van der Waals surface area contributed by atoms with Crippen molar-refractivity contribution < 1.29 is 4.79 Å². The molecular weight excluding hydrogens is 468 g/mol. The molecule has 4 aromatic rings. The van der Waals surface area contributed by atoms with E-state index in [4.69, 9.17) is 5.73 Å². The van der Waals surface area contributed by atoms with Crippen LogP contribution in [-0.2, 0) is 17.9 Å². The Morgan fingerprint density at radius 3 is 2.60 bits per heavy atom. The summed E-state index contributed by atoms with van der Waals surface area (Å²) in [4.78, 5) is 59.3. The van der Waals surface area contributed by atoms with Gasteiger partial charge in [-0.3, -0.25) is 28.5 Å². The number of amides is 1. The van der Waals surface area contributed by atoms with Crippen molar-refractivity contribution in [2.24, 2.45) is 0 Å². The van der Waals surface area contributed by atoms with Gasteiger partial charge in [0.05, 0.1) is 11.7 Å². The number of rotatable bonds is 7. The van der Waals surface area contributed by atoms with Gasteiger partial charge in [0.2, 0.25) is 5.91 Å². The first-order valence-corrected chi connectivity index (χ1v) is 12.0. The van der Waals surface area contributed by atoms with Crippen LogP contribution in [0.25, 0.3) is 21.3 Å². The number of carbonyl (C=O) groups excluding carboxylic acids is 1. The van der Waals surface area contributed by atoms with Gasteiger partial charge in [-0.1, -0.05) is 43.2 Å². The Bertz CT molecular complexity index is 1580. The van der Waals surface area contributed by atoms with Crippen molar-refractivity contribution in [1.29, 1.82) is 0 Å². The molecule has 1 amide bonds. The number of fused-ring (bicyclic) bond motifs is 1. The molecule has 0 aliphatic carbocycles. The van der Waals surface area contributed by atoms with Crippen LogP contribution in [0.2, 0.25) is 0 Å². The summed E-state index contributed by atoms with van der Waals surface area (Å²) >= 11 is 1.36. The molecule has 0 aliphatic rings. The molecule has 4 rings (SSSR count). The quantitative estimate of drug-likeness (QED) is 0.405. The van der Waals surface area contributed by atoms with Crippen molar-refractivity contribution in [1.82, 2.24) is 19.1 Å². The van der Waals surface area contributed by atoms with Gasteiger partial charge in [0, 0.05) is 24.5 Å². The van der Waals surface area contributed by atoms with Gasteiger partial charge in [-0.05, 0) is 18.9 Å². The molecule has 3 heterocycles. The van der Waals surface area contributed by atoms with Crippen molar-refractivity contribution in [3.05, 3.63) is 72.7 Å². The second-order valence-corrected chi connectivity index (χ2v) is 9.18. The van der Waals surface area contributed by atoms with Crippen molar-refractivity contribution in [2.45, 2.75) is 39.8 Å². The maximum absolute atomic E-state index is 13.3. The highest BCUT2D eigenvalue weighted by atomic mass is 32.1. The van der Waals surface area contributed by atoms with Crippen LogP contribution in [0.1, 0.15) is 25.3 Å². The van der Waals surface area contributed by atoms with Crippen molar-refractivity contribution in [3.63, 3.8) is 0 Å². The molecule has 0 fully saturated rings. The molecule has 0 bridgehead atoms. The molecule has 11 heteroatoms. The fraction of sp³-hybridized carbons (Fsp3) is 0.292. The first-order valence-electron chi connectivity index (χ1n) is 11.2. The van der Waals surface area contributed by atoms with Crippen LogP contribution in [0.15, 0.2) is 50.4 Å². The zero-order valence-electron chi connectivity index (χ0n) is 19.7. The molecular formula is C24H26N6O4S. The Balaban J connectivity index is 1.69. The molecule has 0 saturated carbocycles. The van der Waals surface area contributed by atoms with E-state index < -0.39 is 17.2 Å². The number of unbranched alkanes of at least 4 members (excludes halogenated alkanes) is 1. The Hall–Kier alpha value is -3.99. The molecule has 3 N–H and O–H groups in total. The van der Waals surface area contributed by atoms with E-state index in [1.165, 1.54) is 33.8 Å². The predicted octanol–water partition coefficient (Wildman–Crippen LogP) is 2.33. The van der Waals surface area contributed by atoms with Crippen molar-refractivity contribution in [3.8, 4) is 11.1 Å². The van der Waals surface area contributed by atoms with Crippen LogP contribution in [0.4, 0.5) is 11.5 Å². The molecule has 3 aromatic heterocycles. The molecule has 1 aromatic carbocycles. The zero-order chi connectivity index (χ0) is 25.3. The van der Waals surface area contributed by atoms with E-state index in [0.29, 0.717) is 23.2 Å². The van der Waals surface area contributed by atoms with Gasteiger partial charge in [-0.25, -0.2) is 9.78 Å². The van der Waals surface area contributed by atoms with Crippen LogP contribution < -0.4 is 27.4 Å². The lowest BCUT2D eigenvalue weighted by atomic mass is 10.1. The number of nitrogens with one attached hydrogen (secondary N) is 1. The summed E-state index contributed by atoms with van der Waals surface area (Å²) in [6, 6.07) is 7.81. The Labute approximate surface area is 204 Å². The number of anilines is 2. The van der Waals surface area contributed by atoms with E-state index >= 15 is 0 Å². The van der Waals surface area contributed by atoms with Gasteiger partial charge in [0.25, 0.3) is 11.1 Å². The normalized spacial score (nSPS) is 11.2. The van der Waals surface area contributed by atoms with E-state index in [2.05, 4.69) is 9.97 Å². The van der Waals surface area contributed by atoms with Gasteiger partial charge in [0.15, 0.2) is 5.69 Å². The number of thiophene rings is 1.